The third kappa shape index (κ3) is 5.69. The van der Waals surface area contributed by atoms with Crippen molar-refractivity contribution < 1.29 is 14.7 Å². The molecule has 2 N–H and O–H groups in total. The summed E-state index contributed by atoms with van der Waals surface area (Å²) in [6.45, 7) is 0.474. The van der Waals surface area contributed by atoms with E-state index in [2.05, 4.69) is 5.32 Å². The van der Waals surface area contributed by atoms with Crippen LogP contribution in [0.5, 0.6) is 0 Å². The fourth-order valence-electron chi connectivity index (χ4n) is 3.02. The zero-order valence-electron chi connectivity index (χ0n) is 16.3. The Morgan fingerprint density at radius 1 is 0.862 bits per heavy atom. The molecular formula is C24H24N2O3. The van der Waals surface area contributed by atoms with Gasteiger partial charge in [-0.3, -0.25) is 9.69 Å². The van der Waals surface area contributed by atoms with Gasteiger partial charge < -0.3 is 10.4 Å². The highest BCUT2D eigenvalue weighted by atomic mass is 16.4. The van der Waals surface area contributed by atoms with Crippen LogP contribution in [-0.4, -0.2) is 24.2 Å². The number of aryl methyl sites for hydroxylation is 1. The minimum atomic E-state index is -0.796. The molecule has 0 unspecified atom stereocenters. The average Bonchev–Trinajstić information content (AvgIpc) is 2.76. The van der Waals surface area contributed by atoms with E-state index in [1.807, 2.05) is 78.9 Å². The van der Waals surface area contributed by atoms with Crippen molar-refractivity contribution in [1.29, 1.82) is 0 Å². The van der Waals surface area contributed by atoms with Gasteiger partial charge in [0, 0.05) is 25.7 Å². The Labute approximate surface area is 170 Å². The smallest absolute Gasteiger partial charge is 0.321 e. The molecule has 0 saturated heterocycles. The molecule has 0 aliphatic rings. The maximum Gasteiger partial charge on any atom is 0.321 e. The van der Waals surface area contributed by atoms with Gasteiger partial charge in [0.1, 0.15) is 0 Å². The van der Waals surface area contributed by atoms with Gasteiger partial charge in [-0.2, -0.15) is 0 Å². The van der Waals surface area contributed by atoms with E-state index >= 15 is 0 Å². The second kappa shape index (κ2) is 9.55. The van der Waals surface area contributed by atoms with Crippen LogP contribution in [-0.2, 0) is 17.8 Å². The van der Waals surface area contributed by atoms with Crippen LogP contribution in [0.15, 0.2) is 78.9 Å². The number of anilines is 1. The van der Waals surface area contributed by atoms with Crippen LogP contribution in [0.25, 0.3) is 11.1 Å². The van der Waals surface area contributed by atoms with E-state index in [4.69, 9.17) is 5.11 Å². The summed E-state index contributed by atoms with van der Waals surface area (Å²) in [5, 5.41) is 11.7. The minimum Gasteiger partial charge on any atom is -0.481 e. The van der Waals surface area contributed by atoms with Crippen molar-refractivity contribution in [3.05, 3.63) is 90.0 Å². The number of carbonyl (C=O) groups excluding carboxylic acids is 1. The van der Waals surface area contributed by atoms with E-state index in [1.165, 1.54) is 0 Å². The summed E-state index contributed by atoms with van der Waals surface area (Å²) in [5.74, 6) is -0.796. The maximum absolute atomic E-state index is 12.5. The second-order valence-corrected chi connectivity index (χ2v) is 6.84. The summed E-state index contributed by atoms with van der Waals surface area (Å²) >= 11 is 0. The lowest BCUT2D eigenvalue weighted by Crippen LogP contribution is -2.36. The van der Waals surface area contributed by atoms with Gasteiger partial charge in [0.15, 0.2) is 0 Å². The highest BCUT2D eigenvalue weighted by Gasteiger charge is 2.11. The zero-order valence-corrected chi connectivity index (χ0v) is 16.3. The predicted molar refractivity (Wildman–Crippen MR) is 115 cm³/mol. The molecule has 0 spiro atoms. The molecule has 0 aliphatic heterocycles. The molecule has 3 aromatic rings. The van der Waals surface area contributed by atoms with Crippen molar-refractivity contribution in [2.45, 2.75) is 19.4 Å². The summed E-state index contributed by atoms with van der Waals surface area (Å²) in [6.07, 6.45) is 0.637. The van der Waals surface area contributed by atoms with Crippen LogP contribution in [0.1, 0.15) is 17.5 Å². The minimum absolute atomic E-state index is 0.123. The number of urea groups is 1. The molecule has 0 aliphatic carbocycles. The Hall–Kier alpha value is -3.60. The number of hydrogen-bond donors (Lipinski definition) is 2. The van der Waals surface area contributed by atoms with Crippen molar-refractivity contribution in [3.8, 4) is 11.1 Å². The summed E-state index contributed by atoms with van der Waals surface area (Å²) in [5.41, 5.74) is 4.85. The monoisotopic (exact) mass is 388 g/mol. The van der Waals surface area contributed by atoms with Gasteiger partial charge in [0.05, 0.1) is 0 Å². The Morgan fingerprint density at radius 2 is 1.59 bits per heavy atom. The van der Waals surface area contributed by atoms with Gasteiger partial charge in [-0.1, -0.05) is 66.7 Å². The molecule has 0 atom stereocenters. The number of nitrogens with zero attached hydrogens (tertiary/aromatic N) is 1. The van der Waals surface area contributed by atoms with Crippen molar-refractivity contribution >= 4 is 17.7 Å². The van der Waals surface area contributed by atoms with Crippen LogP contribution < -0.4 is 10.2 Å². The molecule has 0 bridgehead atoms. The second-order valence-electron chi connectivity index (χ2n) is 6.84. The largest absolute Gasteiger partial charge is 0.481 e. The maximum atomic E-state index is 12.5. The summed E-state index contributed by atoms with van der Waals surface area (Å²) in [7, 11) is 1.74. The van der Waals surface area contributed by atoms with Crippen LogP contribution >= 0.6 is 0 Å². The molecule has 3 aromatic carbocycles. The van der Waals surface area contributed by atoms with Crippen LogP contribution in [0, 0.1) is 0 Å². The molecule has 5 nitrogen and oxygen atoms in total. The van der Waals surface area contributed by atoms with Gasteiger partial charge in [0.2, 0.25) is 0 Å². The zero-order chi connectivity index (χ0) is 20.6. The molecule has 29 heavy (non-hydrogen) atoms. The highest BCUT2D eigenvalue weighted by Crippen LogP contribution is 2.25. The van der Waals surface area contributed by atoms with Gasteiger partial charge in [-0.15, -0.1) is 0 Å². The van der Waals surface area contributed by atoms with E-state index in [0.29, 0.717) is 13.0 Å². The molecule has 5 heteroatoms. The van der Waals surface area contributed by atoms with Crippen molar-refractivity contribution in [2.24, 2.45) is 0 Å². The Bertz CT molecular complexity index is 969. The first-order valence-electron chi connectivity index (χ1n) is 9.49. The van der Waals surface area contributed by atoms with Crippen LogP contribution in [0.4, 0.5) is 10.5 Å². The van der Waals surface area contributed by atoms with Crippen LogP contribution in [0.3, 0.4) is 0 Å². The highest BCUT2D eigenvalue weighted by molar-refractivity contribution is 5.92. The lowest BCUT2D eigenvalue weighted by Gasteiger charge is -2.19. The number of benzene rings is 3. The normalized spacial score (nSPS) is 10.4. The van der Waals surface area contributed by atoms with Gasteiger partial charge in [-0.05, 0) is 40.8 Å². The fraction of sp³-hybridized carbons (Fsp3) is 0.167. The SMILES string of the molecule is CN(C(=O)NCc1ccccc1)c1cccc(-c2ccc(CCC(=O)O)cc2)c1. The Morgan fingerprint density at radius 3 is 2.28 bits per heavy atom. The third-order valence-corrected chi connectivity index (χ3v) is 4.74. The first kappa shape index (κ1) is 20.1. The van der Waals surface area contributed by atoms with Crippen molar-refractivity contribution in [2.75, 3.05) is 11.9 Å². The number of aliphatic carboxylic acids is 1. The first-order chi connectivity index (χ1) is 14.0. The lowest BCUT2D eigenvalue weighted by molar-refractivity contribution is -0.136. The number of nitrogens with one attached hydrogen (secondary N) is 1. The summed E-state index contributed by atoms with van der Waals surface area (Å²) < 4.78 is 0. The van der Waals surface area contributed by atoms with Crippen molar-refractivity contribution in [3.63, 3.8) is 0 Å². The molecule has 2 amide bonds. The third-order valence-electron chi connectivity index (χ3n) is 4.74. The number of carboxylic acids is 1. The van der Waals surface area contributed by atoms with Gasteiger partial charge >= 0.3 is 12.0 Å². The molecule has 148 valence electrons. The standard InChI is InChI=1S/C24H24N2O3/c1-26(24(29)25-17-19-6-3-2-4-7-19)22-9-5-8-21(16-22)20-13-10-18(11-14-20)12-15-23(27)28/h2-11,13-14,16H,12,15,17H2,1H3,(H,25,29)(H,27,28). The lowest BCUT2D eigenvalue weighted by atomic mass is 10.0. The number of carboxylic acid groups (broad SMARTS) is 1. The number of amides is 2. The Kier molecular flexibility index (Phi) is 6.63. The molecule has 3 rings (SSSR count). The predicted octanol–water partition coefficient (Wildman–Crippen LogP) is 4.72. The van der Waals surface area contributed by atoms with E-state index in [-0.39, 0.29) is 12.5 Å². The molecule has 0 heterocycles. The topological polar surface area (TPSA) is 69.6 Å². The Balaban J connectivity index is 1.66. The number of hydrogen-bond acceptors (Lipinski definition) is 2. The average molecular weight is 388 g/mol. The van der Waals surface area contributed by atoms with Gasteiger partial charge in [0.25, 0.3) is 0 Å². The molecular weight excluding hydrogens is 364 g/mol. The number of carbonyl (C=O) groups is 2. The van der Waals surface area contributed by atoms with E-state index < -0.39 is 5.97 Å². The molecule has 0 aromatic heterocycles. The summed E-state index contributed by atoms with van der Waals surface area (Å²) in [6, 6.07) is 25.2. The van der Waals surface area contributed by atoms with Crippen molar-refractivity contribution in [1.82, 2.24) is 5.32 Å². The van der Waals surface area contributed by atoms with Crippen LogP contribution in [0.2, 0.25) is 0 Å². The van der Waals surface area contributed by atoms with E-state index in [0.717, 1.165) is 27.9 Å². The summed E-state index contributed by atoms with van der Waals surface area (Å²) in [4.78, 5) is 24.8. The molecule has 0 saturated carbocycles. The molecule has 0 fully saturated rings. The quantitative estimate of drug-likeness (QED) is 0.615. The van der Waals surface area contributed by atoms with E-state index in [9.17, 15) is 9.59 Å². The van der Waals surface area contributed by atoms with E-state index in [1.54, 1.807) is 11.9 Å². The fourth-order valence-corrected chi connectivity index (χ4v) is 3.02. The number of rotatable bonds is 7. The van der Waals surface area contributed by atoms with Gasteiger partial charge in [-0.25, -0.2) is 4.79 Å². The first-order valence-corrected chi connectivity index (χ1v) is 9.49. The molecule has 0 radical (unpaired) electrons.